The zero-order chi connectivity index (χ0) is 15.4. The van der Waals surface area contributed by atoms with Gasteiger partial charge in [0.15, 0.2) is 0 Å². The van der Waals surface area contributed by atoms with E-state index in [0.29, 0.717) is 12.4 Å². The molecule has 8 nitrogen and oxygen atoms in total. The van der Waals surface area contributed by atoms with Crippen LogP contribution < -0.4 is 10.6 Å². The second-order valence-electron chi connectivity index (χ2n) is 5.15. The number of hydrogen-bond acceptors (Lipinski definition) is 6. The van der Waals surface area contributed by atoms with E-state index in [1.54, 1.807) is 14.0 Å². The van der Waals surface area contributed by atoms with Gasteiger partial charge in [0, 0.05) is 13.6 Å². The van der Waals surface area contributed by atoms with Crippen molar-refractivity contribution in [1.82, 2.24) is 25.7 Å². The van der Waals surface area contributed by atoms with Crippen LogP contribution in [-0.2, 0) is 4.79 Å². The minimum atomic E-state index is -0.631. The van der Waals surface area contributed by atoms with E-state index in [1.165, 1.54) is 4.90 Å². The number of rotatable bonds is 5. The highest BCUT2D eigenvalue weighted by Gasteiger charge is 2.26. The van der Waals surface area contributed by atoms with Crippen LogP contribution in [0.3, 0.4) is 0 Å². The topological polar surface area (TPSA) is 100 Å². The fourth-order valence-corrected chi connectivity index (χ4v) is 2.17. The molecule has 1 aliphatic rings. The van der Waals surface area contributed by atoms with Gasteiger partial charge in [0.1, 0.15) is 6.04 Å². The normalized spacial score (nSPS) is 19.3. The van der Waals surface area contributed by atoms with Gasteiger partial charge in [-0.25, -0.2) is 0 Å². The summed E-state index contributed by atoms with van der Waals surface area (Å²) in [6.45, 7) is 4.99. The maximum absolute atomic E-state index is 12.0. The second-order valence-corrected chi connectivity index (χ2v) is 5.15. The van der Waals surface area contributed by atoms with Crippen LogP contribution in [0.15, 0.2) is 4.52 Å². The first-order chi connectivity index (χ1) is 10.0. The number of amides is 2. The zero-order valence-corrected chi connectivity index (χ0v) is 12.5. The number of carbonyl (C=O) groups excluding carboxylic acids is 2. The number of likely N-dealkylation sites (N-methyl/N-ethyl adjacent to an activating group) is 1. The molecule has 116 valence electrons. The molecule has 0 saturated carbocycles. The van der Waals surface area contributed by atoms with E-state index in [0.717, 1.165) is 19.4 Å². The van der Waals surface area contributed by atoms with E-state index in [-0.39, 0.29) is 17.8 Å². The Morgan fingerprint density at radius 1 is 1.57 bits per heavy atom. The predicted octanol–water partition coefficient (Wildman–Crippen LogP) is 0.0907. The molecule has 1 aromatic heterocycles. The van der Waals surface area contributed by atoms with Gasteiger partial charge in [0.2, 0.25) is 11.8 Å². The standard InChI is InChI=1S/C13H21N5O3/c1-4-18(3)13(20)8(2)15-11(19)10-16-12(21-17-10)9-6-5-7-14-9/h8-9,14H,4-7H2,1-3H3,(H,15,19). The molecule has 1 aliphatic heterocycles. The van der Waals surface area contributed by atoms with Crippen LogP contribution in [0.1, 0.15) is 49.2 Å². The lowest BCUT2D eigenvalue weighted by atomic mass is 10.2. The molecule has 0 aromatic carbocycles. The van der Waals surface area contributed by atoms with Gasteiger partial charge in [-0.2, -0.15) is 4.98 Å². The van der Waals surface area contributed by atoms with Crippen molar-refractivity contribution in [2.45, 2.75) is 38.8 Å². The summed E-state index contributed by atoms with van der Waals surface area (Å²) >= 11 is 0. The molecular weight excluding hydrogens is 274 g/mol. The van der Waals surface area contributed by atoms with Gasteiger partial charge in [-0.3, -0.25) is 9.59 Å². The third-order valence-electron chi connectivity index (χ3n) is 3.57. The van der Waals surface area contributed by atoms with Crippen molar-refractivity contribution >= 4 is 11.8 Å². The Labute approximate surface area is 123 Å². The molecule has 2 heterocycles. The quantitative estimate of drug-likeness (QED) is 0.798. The molecule has 0 aliphatic carbocycles. The molecule has 1 fully saturated rings. The molecule has 2 rings (SSSR count). The molecule has 1 saturated heterocycles. The van der Waals surface area contributed by atoms with Crippen LogP contribution in [-0.4, -0.2) is 53.0 Å². The Hall–Kier alpha value is -1.96. The van der Waals surface area contributed by atoms with Crippen molar-refractivity contribution in [2.75, 3.05) is 20.1 Å². The molecular formula is C13H21N5O3. The first-order valence-corrected chi connectivity index (χ1v) is 7.15. The number of nitrogens with one attached hydrogen (secondary N) is 2. The van der Waals surface area contributed by atoms with Crippen molar-refractivity contribution < 1.29 is 14.1 Å². The Morgan fingerprint density at radius 2 is 2.33 bits per heavy atom. The molecule has 8 heteroatoms. The third-order valence-corrected chi connectivity index (χ3v) is 3.57. The van der Waals surface area contributed by atoms with Gasteiger partial charge in [-0.15, -0.1) is 0 Å². The SMILES string of the molecule is CCN(C)C(=O)C(C)NC(=O)c1noc(C2CCCN2)n1. The van der Waals surface area contributed by atoms with Crippen LogP contribution in [0.2, 0.25) is 0 Å². The molecule has 0 bridgehead atoms. The average molecular weight is 295 g/mol. The minimum Gasteiger partial charge on any atom is -0.344 e. The summed E-state index contributed by atoms with van der Waals surface area (Å²) in [7, 11) is 1.68. The highest BCUT2D eigenvalue weighted by molar-refractivity contribution is 5.94. The fraction of sp³-hybridized carbons (Fsp3) is 0.692. The molecule has 0 spiro atoms. The van der Waals surface area contributed by atoms with E-state index in [1.807, 2.05) is 6.92 Å². The van der Waals surface area contributed by atoms with Crippen molar-refractivity contribution in [3.63, 3.8) is 0 Å². The maximum Gasteiger partial charge on any atom is 0.293 e. The molecule has 2 unspecified atom stereocenters. The number of hydrogen-bond donors (Lipinski definition) is 2. The minimum absolute atomic E-state index is 0.0179. The fourth-order valence-electron chi connectivity index (χ4n) is 2.17. The number of aromatic nitrogens is 2. The lowest BCUT2D eigenvalue weighted by Crippen LogP contribution is -2.45. The maximum atomic E-state index is 12.0. The smallest absolute Gasteiger partial charge is 0.293 e. The summed E-state index contributed by atoms with van der Waals surface area (Å²) in [6, 6.07) is -0.613. The lowest BCUT2D eigenvalue weighted by molar-refractivity contribution is -0.131. The van der Waals surface area contributed by atoms with Crippen molar-refractivity contribution in [3.8, 4) is 0 Å². The first kappa shape index (κ1) is 15.4. The summed E-state index contributed by atoms with van der Waals surface area (Å²) in [5.74, 6) is -0.291. The van der Waals surface area contributed by atoms with Crippen LogP contribution in [0.25, 0.3) is 0 Å². The molecule has 2 N–H and O–H groups in total. The van der Waals surface area contributed by atoms with Crippen LogP contribution >= 0.6 is 0 Å². The van der Waals surface area contributed by atoms with Crippen LogP contribution in [0.5, 0.6) is 0 Å². The average Bonchev–Trinajstić information content (AvgIpc) is 3.15. The van der Waals surface area contributed by atoms with Crippen molar-refractivity contribution in [3.05, 3.63) is 11.7 Å². The highest BCUT2D eigenvalue weighted by atomic mass is 16.5. The Bertz CT molecular complexity index is 510. The number of nitrogens with zero attached hydrogens (tertiary/aromatic N) is 3. The summed E-state index contributed by atoms with van der Waals surface area (Å²) in [5.41, 5.74) is 0. The molecule has 2 atom stereocenters. The Balaban J connectivity index is 1.95. The van der Waals surface area contributed by atoms with E-state index in [9.17, 15) is 9.59 Å². The van der Waals surface area contributed by atoms with Crippen LogP contribution in [0.4, 0.5) is 0 Å². The predicted molar refractivity (Wildman–Crippen MR) is 74.5 cm³/mol. The van der Waals surface area contributed by atoms with Gasteiger partial charge in [0.25, 0.3) is 11.7 Å². The Kier molecular flexibility index (Phi) is 4.89. The largest absolute Gasteiger partial charge is 0.344 e. The summed E-state index contributed by atoms with van der Waals surface area (Å²) in [4.78, 5) is 29.5. The van der Waals surface area contributed by atoms with E-state index < -0.39 is 11.9 Å². The molecule has 2 amide bonds. The van der Waals surface area contributed by atoms with E-state index >= 15 is 0 Å². The highest BCUT2D eigenvalue weighted by Crippen LogP contribution is 2.20. The van der Waals surface area contributed by atoms with Gasteiger partial charge in [-0.05, 0) is 33.2 Å². The lowest BCUT2D eigenvalue weighted by Gasteiger charge is -2.19. The van der Waals surface area contributed by atoms with Crippen LogP contribution in [0, 0.1) is 0 Å². The van der Waals surface area contributed by atoms with Crippen molar-refractivity contribution in [2.24, 2.45) is 0 Å². The summed E-state index contributed by atoms with van der Waals surface area (Å²) < 4.78 is 5.10. The van der Waals surface area contributed by atoms with E-state index in [4.69, 9.17) is 4.52 Å². The van der Waals surface area contributed by atoms with Gasteiger partial charge < -0.3 is 20.1 Å². The van der Waals surface area contributed by atoms with Gasteiger partial charge in [0.05, 0.1) is 6.04 Å². The Morgan fingerprint density at radius 3 is 2.95 bits per heavy atom. The van der Waals surface area contributed by atoms with E-state index in [2.05, 4.69) is 20.8 Å². The first-order valence-electron chi connectivity index (χ1n) is 7.15. The summed E-state index contributed by atoms with van der Waals surface area (Å²) in [5, 5.41) is 9.47. The molecule has 21 heavy (non-hydrogen) atoms. The molecule has 0 radical (unpaired) electrons. The van der Waals surface area contributed by atoms with Crippen molar-refractivity contribution in [1.29, 1.82) is 0 Å². The zero-order valence-electron chi connectivity index (χ0n) is 12.5. The number of carbonyl (C=O) groups is 2. The second kappa shape index (κ2) is 6.66. The van der Waals surface area contributed by atoms with Gasteiger partial charge >= 0.3 is 0 Å². The third kappa shape index (κ3) is 3.57. The monoisotopic (exact) mass is 295 g/mol. The molecule has 1 aromatic rings. The summed E-state index contributed by atoms with van der Waals surface area (Å²) in [6.07, 6.45) is 1.96. The van der Waals surface area contributed by atoms with Gasteiger partial charge in [-0.1, -0.05) is 5.16 Å².